The van der Waals surface area contributed by atoms with Crippen molar-refractivity contribution < 1.29 is 49.4 Å². The Kier molecular flexibility index (Phi) is 5.52. The highest BCUT2D eigenvalue weighted by Gasteiger charge is 2.76. The Balaban J connectivity index is 5.52. The largest absolute Gasteiger partial charge is 0.427 e. The molecule has 0 atom stereocenters. The van der Waals surface area contributed by atoms with Crippen molar-refractivity contribution in [3.8, 4) is 0 Å². The maximum absolute atomic E-state index is 13.0. The first-order valence-corrected chi connectivity index (χ1v) is 5.12. The van der Waals surface area contributed by atoms with Crippen LogP contribution >= 0.6 is 0 Å². The van der Waals surface area contributed by atoms with Crippen molar-refractivity contribution in [1.29, 1.82) is 0 Å². The molecule has 0 spiro atoms. The zero-order chi connectivity index (χ0) is 16.4. The van der Waals surface area contributed by atoms with Gasteiger partial charge >= 0.3 is 24.1 Å². The van der Waals surface area contributed by atoms with Gasteiger partial charge in [-0.05, 0) is 13.8 Å². The van der Waals surface area contributed by atoms with Gasteiger partial charge in [-0.15, -0.1) is 0 Å². The zero-order valence-corrected chi connectivity index (χ0v) is 10.2. The predicted octanol–water partition coefficient (Wildman–Crippen LogP) is 3.08. The molecule has 0 aliphatic carbocycles. The second kappa shape index (κ2) is 5.80. The molecule has 0 rings (SSSR count). The molecule has 120 valence electrons. The Labute approximate surface area is 107 Å². The minimum Gasteiger partial charge on any atom is -0.316 e. The summed E-state index contributed by atoms with van der Waals surface area (Å²) in [6, 6.07) is 0. The molecule has 0 radical (unpaired) electrons. The number of alkyl halides is 8. The van der Waals surface area contributed by atoms with Gasteiger partial charge in [0.25, 0.3) is 5.78 Å². The van der Waals surface area contributed by atoms with Gasteiger partial charge in [0.2, 0.25) is 0 Å². The second-order valence-corrected chi connectivity index (χ2v) is 3.38. The Morgan fingerprint density at radius 3 is 1.20 bits per heavy atom. The van der Waals surface area contributed by atoms with Gasteiger partial charge < -0.3 is 9.47 Å². The first kappa shape index (κ1) is 19.0. The molecule has 0 N–H and O–H groups in total. The lowest BCUT2D eigenvalue weighted by molar-refractivity contribution is -0.361. The number of hydrogen-bond donors (Lipinski definition) is 0. The molecule has 0 saturated heterocycles. The normalized spacial score (nSPS) is 14.5. The summed E-state index contributed by atoms with van der Waals surface area (Å²) in [6.07, 6.45) is -11.3. The summed E-state index contributed by atoms with van der Waals surface area (Å²) in [5.74, 6) is -16.3. The number of rotatable bonds is 8. The summed E-state index contributed by atoms with van der Waals surface area (Å²) in [5, 5.41) is 0. The van der Waals surface area contributed by atoms with Crippen molar-refractivity contribution >= 4 is 5.78 Å². The van der Waals surface area contributed by atoms with E-state index >= 15 is 0 Å². The summed E-state index contributed by atoms with van der Waals surface area (Å²) >= 11 is 0. The molecule has 0 aliphatic rings. The Morgan fingerprint density at radius 1 is 0.750 bits per heavy atom. The topological polar surface area (TPSA) is 35.5 Å². The highest BCUT2D eigenvalue weighted by atomic mass is 19.3. The second-order valence-electron chi connectivity index (χ2n) is 3.38. The summed E-state index contributed by atoms with van der Waals surface area (Å²) in [5.41, 5.74) is 0. The minimum absolute atomic E-state index is 0.807. The van der Waals surface area contributed by atoms with Crippen LogP contribution in [0.15, 0.2) is 0 Å². The van der Waals surface area contributed by atoms with Crippen LogP contribution in [-0.4, -0.2) is 43.1 Å². The van der Waals surface area contributed by atoms with E-state index in [9.17, 15) is 39.9 Å². The number of carbonyl (C=O) groups excluding carboxylic acids is 1. The smallest absolute Gasteiger partial charge is 0.316 e. The summed E-state index contributed by atoms with van der Waals surface area (Å²) in [7, 11) is 0. The first-order chi connectivity index (χ1) is 8.78. The van der Waals surface area contributed by atoms with Gasteiger partial charge in [0, 0.05) is 0 Å². The molecule has 11 heteroatoms. The van der Waals surface area contributed by atoms with E-state index in [0.717, 1.165) is 13.8 Å². The van der Waals surface area contributed by atoms with Crippen molar-refractivity contribution in [1.82, 2.24) is 0 Å². The number of halogens is 8. The van der Waals surface area contributed by atoms with Crippen LogP contribution < -0.4 is 0 Å². The number of ketones is 1. The summed E-state index contributed by atoms with van der Waals surface area (Å²) < 4.78 is 109. The van der Waals surface area contributed by atoms with Crippen molar-refractivity contribution in [2.45, 2.75) is 37.9 Å². The zero-order valence-electron chi connectivity index (χ0n) is 10.2. The van der Waals surface area contributed by atoms with Crippen LogP contribution in [0.1, 0.15) is 13.8 Å². The van der Waals surface area contributed by atoms with Crippen LogP contribution in [-0.2, 0) is 14.3 Å². The average molecular weight is 318 g/mol. The molecule has 0 unspecified atom stereocenters. The van der Waals surface area contributed by atoms with E-state index in [-0.39, 0.29) is 0 Å². The van der Waals surface area contributed by atoms with Gasteiger partial charge in [0.05, 0.1) is 13.2 Å². The lowest BCUT2D eigenvalue weighted by atomic mass is 10.1. The molecule has 0 fully saturated rings. The highest BCUT2D eigenvalue weighted by molar-refractivity contribution is 5.93. The number of carbonyl (C=O) groups is 1. The van der Waals surface area contributed by atoms with Gasteiger partial charge in [0.15, 0.2) is 0 Å². The highest BCUT2D eigenvalue weighted by Crippen LogP contribution is 2.45. The third-order valence-electron chi connectivity index (χ3n) is 1.95. The average Bonchev–Trinajstić information content (AvgIpc) is 2.27. The van der Waals surface area contributed by atoms with Crippen molar-refractivity contribution in [2.75, 3.05) is 13.2 Å². The fraction of sp³-hybridized carbons (Fsp3) is 0.889. The number of ether oxygens (including phenoxy) is 2. The maximum Gasteiger partial charge on any atom is 0.427 e. The molecule has 20 heavy (non-hydrogen) atoms. The van der Waals surface area contributed by atoms with Crippen LogP contribution in [0.4, 0.5) is 35.1 Å². The molecule has 0 aromatic rings. The third-order valence-corrected chi connectivity index (χ3v) is 1.95. The Hall–Kier alpha value is -0.970. The number of Topliss-reactive ketones (excluding diaryl/α,β-unsaturated/α-hetero) is 1. The summed E-state index contributed by atoms with van der Waals surface area (Å²) in [4.78, 5) is 10.7. The monoisotopic (exact) mass is 318 g/mol. The summed E-state index contributed by atoms with van der Waals surface area (Å²) in [6.45, 7) is -0.518. The predicted molar refractivity (Wildman–Crippen MR) is 48.0 cm³/mol. The van der Waals surface area contributed by atoms with E-state index in [1.807, 2.05) is 0 Å². The van der Waals surface area contributed by atoms with Gasteiger partial charge in [-0.25, -0.2) is 0 Å². The first-order valence-electron chi connectivity index (χ1n) is 5.12. The molecule has 0 amide bonds. The van der Waals surface area contributed by atoms with Crippen molar-refractivity contribution in [3.63, 3.8) is 0 Å². The van der Waals surface area contributed by atoms with E-state index in [2.05, 4.69) is 9.47 Å². The van der Waals surface area contributed by atoms with Crippen LogP contribution in [0.2, 0.25) is 0 Å². The SMILES string of the molecule is CCOC(F)(F)C(F)(F)C(=O)C(F)(F)C(F)(F)OCC. The Morgan fingerprint density at radius 2 is 1.00 bits per heavy atom. The van der Waals surface area contributed by atoms with Gasteiger partial charge in [-0.3, -0.25) is 4.79 Å². The molecular weight excluding hydrogens is 308 g/mol. The van der Waals surface area contributed by atoms with Gasteiger partial charge in [-0.1, -0.05) is 0 Å². The van der Waals surface area contributed by atoms with E-state index in [1.54, 1.807) is 0 Å². The van der Waals surface area contributed by atoms with Crippen molar-refractivity contribution in [3.05, 3.63) is 0 Å². The number of hydrogen-bond acceptors (Lipinski definition) is 3. The standard InChI is InChI=1S/C9H10F8O3/c1-3-19-8(14,15)6(10,11)5(18)7(12,13)9(16,17)20-4-2/h3-4H2,1-2H3. The fourth-order valence-corrected chi connectivity index (χ4v) is 1.01. The maximum atomic E-state index is 13.0. The lowest BCUT2D eigenvalue weighted by Crippen LogP contribution is -2.60. The molecule has 0 aromatic heterocycles. The molecule has 0 aromatic carbocycles. The molecule has 0 heterocycles. The van der Waals surface area contributed by atoms with Crippen LogP contribution in [0, 0.1) is 0 Å². The Bertz CT molecular complexity index is 323. The fourth-order valence-electron chi connectivity index (χ4n) is 1.01. The minimum atomic E-state index is -6.16. The van der Waals surface area contributed by atoms with E-state index in [4.69, 9.17) is 0 Å². The third kappa shape index (κ3) is 3.19. The molecule has 3 nitrogen and oxygen atoms in total. The van der Waals surface area contributed by atoms with Gasteiger partial charge in [-0.2, -0.15) is 35.1 Å². The van der Waals surface area contributed by atoms with Crippen LogP contribution in [0.5, 0.6) is 0 Å². The van der Waals surface area contributed by atoms with E-state index in [1.165, 1.54) is 0 Å². The molecule has 0 bridgehead atoms. The molecular formula is C9H10F8O3. The van der Waals surface area contributed by atoms with Gasteiger partial charge in [0.1, 0.15) is 0 Å². The quantitative estimate of drug-likeness (QED) is 0.645. The van der Waals surface area contributed by atoms with Crippen molar-refractivity contribution in [2.24, 2.45) is 0 Å². The molecule has 0 aliphatic heterocycles. The van der Waals surface area contributed by atoms with E-state index in [0.29, 0.717) is 0 Å². The molecule has 0 saturated carbocycles. The van der Waals surface area contributed by atoms with E-state index < -0.39 is 43.1 Å². The van der Waals surface area contributed by atoms with Crippen LogP contribution in [0.25, 0.3) is 0 Å². The van der Waals surface area contributed by atoms with Crippen LogP contribution in [0.3, 0.4) is 0 Å². The lowest BCUT2D eigenvalue weighted by Gasteiger charge is -2.30.